The second-order valence-electron chi connectivity index (χ2n) is 5.26. The third-order valence-corrected chi connectivity index (χ3v) is 4.57. The fourth-order valence-corrected chi connectivity index (χ4v) is 2.63. The minimum absolute atomic E-state index is 0.0260. The predicted molar refractivity (Wildman–Crippen MR) is 68.3 cm³/mol. The maximum Gasteiger partial charge on any atom is 0.460 e. The van der Waals surface area contributed by atoms with Crippen LogP contribution < -0.4 is 0 Å². The number of nitriles is 1. The zero-order chi connectivity index (χ0) is 21.9. The lowest BCUT2D eigenvalue weighted by atomic mass is 9.92. The van der Waals surface area contributed by atoms with E-state index in [9.17, 15) is 57.1 Å². The Balaban J connectivity index is 5.53. The lowest BCUT2D eigenvalue weighted by molar-refractivity contribution is -0.440. The van der Waals surface area contributed by atoms with Crippen molar-refractivity contribution in [1.82, 2.24) is 0 Å². The number of hydrogen-bond acceptors (Lipinski definition) is 1. The number of hydrogen-bond donors (Lipinski definition) is 0. The first-order valence-corrected chi connectivity index (χ1v) is 8.26. The van der Waals surface area contributed by atoms with E-state index in [-0.39, 0.29) is 27.3 Å². The quantitative estimate of drug-likeness (QED) is 0.226. The molecular weight excluding hydrogens is 436 g/mol. The van der Waals surface area contributed by atoms with Gasteiger partial charge in [0.1, 0.15) is 0 Å². The second-order valence-corrected chi connectivity index (χ2v) is 6.76. The molecule has 0 aliphatic heterocycles. The Morgan fingerprint density at radius 2 is 1.07 bits per heavy atom. The molecule has 0 rings (SSSR count). The molecule has 0 aromatic heterocycles. The fourth-order valence-electron chi connectivity index (χ4n) is 1.66. The first-order valence-electron chi connectivity index (χ1n) is 6.84. The van der Waals surface area contributed by atoms with Gasteiger partial charge < -0.3 is 0 Å². The molecule has 27 heavy (non-hydrogen) atoms. The number of rotatable bonds is 10. The molecule has 0 heterocycles. The second kappa shape index (κ2) is 8.17. The standard InChI is InChI=1S/C12H11F13NP/c13-7(14,3-1-5-27-6-2-4-26)8(15,16)9(17,18)10(19,20)11(21,22)12(23,24)25/h27H,1-3,5-6H2. The minimum atomic E-state index is -7.85. The molecule has 0 spiro atoms. The number of alkyl halides is 13. The molecule has 0 bridgehead atoms. The molecule has 0 aromatic carbocycles. The highest BCUT2D eigenvalue weighted by Crippen LogP contribution is 2.60. The van der Waals surface area contributed by atoms with E-state index in [1.54, 1.807) is 6.07 Å². The SMILES string of the molecule is N#CCCPCCCC(F)(F)C(F)(F)C(F)(F)C(F)(F)C(F)(F)C(F)(F)F. The zero-order valence-corrected chi connectivity index (χ0v) is 13.9. The monoisotopic (exact) mass is 447 g/mol. The molecule has 0 N–H and O–H groups in total. The summed E-state index contributed by atoms with van der Waals surface area (Å²) in [7, 11) is -0.238. The summed E-state index contributed by atoms with van der Waals surface area (Å²) in [5.74, 6) is -36.5. The van der Waals surface area contributed by atoms with Crippen molar-refractivity contribution in [3.05, 3.63) is 0 Å². The molecule has 0 amide bonds. The van der Waals surface area contributed by atoms with Crippen LogP contribution >= 0.6 is 8.58 Å². The molecule has 0 aromatic rings. The average Bonchev–Trinajstić information content (AvgIpc) is 2.48. The third kappa shape index (κ3) is 4.71. The molecule has 1 nitrogen and oxygen atoms in total. The van der Waals surface area contributed by atoms with E-state index in [4.69, 9.17) is 5.26 Å². The number of nitrogens with zero attached hydrogens (tertiary/aromatic N) is 1. The summed E-state index contributed by atoms with van der Waals surface area (Å²) in [6.07, 6.45) is -10.7. The van der Waals surface area contributed by atoms with Gasteiger partial charge in [-0.2, -0.15) is 62.3 Å². The highest BCUT2D eigenvalue weighted by atomic mass is 31.1. The van der Waals surface area contributed by atoms with Gasteiger partial charge in [0, 0.05) is 12.8 Å². The van der Waals surface area contributed by atoms with Gasteiger partial charge in [0.25, 0.3) is 0 Å². The molecule has 0 saturated heterocycles. The van der Waals surface area contributed by atoms with Gasteiger partial charge in [0.05, 0.1) is 6.07 Å². The Bertz CT molecular complexity index is 534. The lowest BCUT2D eigenvalue weighted by Gasteiger charge is -2.39. The van der Waals surface area contributed by atoms with E-state index in [0.717, 1.165) is 0 Å². The molecule has 0 aliphatic rings. The van der Waals surface area contributed by atoms with Crippen LogP contribution in [0.1, 0.15) is 19.3 Å². The summed E-state index contributed by atoms with van der Waals surface area (Å²) in [5, 5.41) is 8.19. The molecule has 0 aliphatic carbocycles. The van der Waals surface area contributed by atoms with Crippen LogP contribution in [0.25, 0.3) is 0 Å². The molecule has 0 radical (unpaired) electrons. The summed E-state index contributed by atoms with van der Waals surface area (Å²) >= 11 is 0. The van der Waals surface area contributed by atoms with Gasteiger partial charge in [0.15, 0.2) is 0 Å². The van der Waals surface area contributed by atoms with Crippen molar-refractivity contribution in [1.29, 1.82) is 5.26 Å². The van der Waals surface area contributed by atoms with E-state index in [1.165, 1.54) is 0 Å². The van der Waals surface area contributed by atoms with Gasteiger partial charge in [-0.05, 0) is 18.7 Å². The summed E-state index contributed by atoms with van der Waals surface area (Å²) in [6.45, 7) is 0. The largest absolute Gasteiger partial charge is 0.460 e. The van der Waals surface area contributed by atoms with Gasteiger partial charge in [0.2, 0.25) is 0 Å². The maximum atomic E-state index is 13.3. The molecule has 0 fully saturated rings. The van der Waals surface area contributed by atoms with Crippen molar-refractivity contribution in [3.63, 3.8) is 0 Å². The Kier molecular flexibility index (Phi) is 7.87. The van der Waals surface area contributed by atoms with Crippen molar-refractivity contribution >= 4 is 8.58 Å². The molecule has 0 saturated carbocycles. The van der Waals surface area contributed by atoms with Crippen molar-refractivity contribution in [2.75, 3.05) is 12.3 Å². The summed E-state index contributed by atoms with van der Waals surface area (Å²) < 4.78 is 166. The van der Waals surface area contributed by atoms with Crippen molar-refractivity contribution in [2.45, 2.75) is 55.1 Å². The molecule has 1 atom stereocenters. The Morgan fingerprint density at radius 3 is 1.48 bits per heavy atom. The van der Waals surface area contributed by atoms with Crippen LogP contribution in [0.5, 0.6) is 0 Å². The number of halogens is 13. The van der Waals surface area contributed by atoms with Crippen LogP contribution in [0.2, 0.25) is 0 Å². The van der Waals surface area contributed by atoms with Crippen molar-refractivity contribution in [2.24, 2.45) is 0 Å². The van der Waals surface area contributed by atoms with Crippen LogP contribution in [-0.4, -0.2) is 48.1 Å². The third-order valence-electron chi connectivity index (χ3n) is 3.26. The van der Waals surface area contributed by atoms with E-state index in [2.05, 4.69) is 0 Å². The normalized spacial score (nSPS) is 15.4. The van der Waals surface area contributed by atoms with Crippen LogP contribution in [0.3, 0.4) is 0 Å². The van der Waals surface area contributed by atoms with E-state index in [0.29, 0.717) is 0 Å². The Hall–Kier alpha value is -0.990. The van der Waals surface area contributed by atoms with Gasteiger partial charge in [-0.1, -0.05) is 0 Å². The van der Waals surface area contributed by atoms with Gasteiger partial charge in [-0.3, -0.25) is 0 Å². The van der Waals surface area contributed by atoms with E-state index < -0.39 is 48.6 Å². The van der Waals surface area contributed by atoms with Crippen molar-refractivity contribution < 1.29 is 57.1 Å². The first kappa shape index (κ1) is 26.0. The summed E-state index contributed by atoms with van der Waals surface area (Å²) in [4.78, 5) is 0. The predicted octanol–water partition coefficient (Wildman–Crippen LogP) is 6.10. The minimum Gasteiger partial charge on any atom is -0.200 e. The zero-order valence-electron chi connectivity index (χ0n) is 12.9. The maximum absolute atomic E-state index is 13.3. The first-order chi connectivity index (χ1) is 11.8. The molecule has 160 valence electrons. The van der Waals surface area contributed by atoms with Gasteiger partial charge in [-0.15, -0.1) is 8.58 Å². The topological polar surface area (TPSA) is 23.8 Å². The fraction of sp³-hybridized carbons (Fsp3) is 0.917. The van der Waals surface area contributed by atoms with Crippen LogP contribution in [0.4, 0.5) is 57.1 Å². The molecular formula is C12H11F13NP. The highest BCUT2D eigenvalue weighted by molar-refractivity contribution is 7.37. The van der Waals surface area contributed by atoms with Gasteiger partial charge in [-0.25, -0.2) is 0 Å². The van der Waals surface area contributed by atoms with Gasteiger partial charge >= 0.3 is 35.8 Å². The lowest BCUT2D eigenvalue weighted by Crippen LogP contribution is -2.70. The van der Waals surface area contributed by atoms with E-state index in [1.807, 2.05) is 0 Å². The Morgan fingerprint density at radius 1 is 0.630 bits per heavy atom. The van der Waals surface area contributed by atoms with Crippen LogP contribution in [-0.2, 0) is 0 Å². The smallest absolute Gasteiger partial charge is 0.200 e. The Labute approximate surface area is 145 Å². The average molecular weight is 447 g/mol. The summed E-state index contributed by atoms with van der Waals surface area (Å²) in [6, 6.07) is 1.66. The van der Waals surface area contributed by atoms with Crippen LogP contribution in [0, 0.1) is 11.3 Å². The summed E-state index contributed by atoms with van der Waals surface area (Å²) in [5.41, 5.74) is 0. The molecule has 15 heteroatoms. The molecule has 1 unspecified atom stereocenters. The van der Waals surface area contributed by atoms with Crippen LogP contribution in [0.15, 0.2) is 0 Å². The van der Waals surface area contributed by atoms with Crippen molar-refractivity contribution in [3.8, 4) is 6.07 Å². The van der Waals surface area contributed by atoms with E-state index >= 15 is 0 Å². The highest BCUT2D eigenvalue weighted by Gasteiger charge is 2.90.